The Balaban J connectivity index is 5.00. The third-order valence-electron chi connectivity index (χ3n) is 2.50. The van der Waals surface area contributed by atoms with Crippen LogP contribution in [0.2, 0.25) is 0 Å². The average molecular weight is 333 g/mol. The largest absolute Gasteiger partial charge is 0.464 e. The fraction of sp³-hybridized carbons (Fsp3) is 0.846. The van der Waals surface area contributed by atoms with Crippen LogP contribution in [0.5, 0.6) is 0 Å². The minimum atomic E-state index is -6.03. The van der Waals surface area contributed by atoms with Crippen molar-refractivity contribution in [2.45, 2.75) is 52.3 Å². The van der Waals surface area contributed by atoms with Gasteiger partial charge in [0, 0.05) is 0 Å². The van der Waals surface area contributed by atoms with Crippen molar-refractivity contribution in [3.8, 4) is 0 Å². The van der Waals surface area contributed by atoms with Crippen molar-refractivity contribution in [3.63, 3.8) is 0 Å². The Morgan fingerprint density at radius 1 is 1.00 bits per heavy atom. The number of alkyl halides is 5. The van der Waals surface area contributed by atoms with Crippen molar-refractivity contribution in [2.24, 2.45) is 11.8 Å². The first-order valence-electron chi connectivity index (χ1n) is 6.71. The highest BCUT2D eigenvalue weighted by molar-refractivity contribution is 5.89. The van der Waals surface area contributed by atoms with E-state index in [1.807, 2.05) is 0 Å². The number of rotatable bonds is 7. The van der Waals surface area contributed by atoms with E-state index >= 15 is 0 Å². The Morgan fingerprint density at radius 3 is 1.86 bits per heavy atom. The second-order valence-electron chi connectivity index (χ2n) is 5.75. The molecule has 22 heavy (non-hydrogen) atoms. The van der Waals surface area contributed by atoms with Gasteiger partial charge in [-0.3, -0.25) is 4.79 Å². The number of amides is 1. The van der Waals surface area contributed by atoms with Crippen LogP contribution in [0, 0.1) is 11.8 Å². The van der Waals surface area contributed by atoms with Gasteiger partial charge < -0.3 is 10.1 Å². The molecule has 9 heteroatoms. The summed E-state index contributed by atoms with van der Waals surface area (Å²) in [5.41, 5.74) is 0. The zero-order chi connectivity index (χ0) is 17.7. The number of hydrogen-bond donors (Lipinski definition) is 1. The van der Waals surface area contributed by atoms with E-state index in [0.717, 1.165) is 0 Å². The first-order valence-corrected chi connectivity index (χ1v) is 6.71. The van der Waals surface area contributed by atoms with Crippen molar-refractivity contribution in [1.82, 2.24) is 5.32 Å². The third kappa shape index (κ3) is 6.15. The molecule has 0 aromatic rings. The molecule has 1 unspecified atom stereocenters. The molecule has 1 N–H and O–H groups in total. The molecule has 0 rings (SSSR count). The van der Waals surface area contributed by atoms with E-state index in [4.69, 9.17) is 4.74 Å². The maximum Gasteiger partial charge on any atom is 0.463 e. The predicted octanol–water partition coefficient (Wildman–Crippen LogP) is 2.91. The lowest BCUT2D eigenvalue weighted by Crippen LogP contribution is -2.55. The SMILES string of the molecule is CC(C)COC(=O)C(CC(C)C)NC(=O)C(F)(F)C(F)(F)F. The van der Waals surface area contributed by atoms with Gasteiger partial charge in [-0.05, 0) is 18.3 Å². The van der Waals surface area contributed by atoms with Gasteiger partial charge in [-0.25, -0.2) is 4.79 Å². The lowest BCUT2D eigenvalue weighted by Gasteiger charge is -2.24. The molecule has 0 aliphatic carbocycles. The van der Waals surface area contributed by atoms with E-state index in [0.29, 0.717) is 0 Å². The first kappa shape index (κ1) is 20.6. The van der Waals surface area contributed by atoms with Gasteiger partial charge in [0.2, 0.25) is 0 Å². The summed E-state index contributed by atoms with van der Waals surface area (Å²) in [6, 6.07) is -1.56. The number of hydrogen-bond acceptors (Lipinski definition) is 3. The number of esters is 1. The molecule has 1 atom stereocenters. The van der Waals surface area contributed by atoms with E-state index in [9.17, 15) is 31.5 Å². The number of halogens is 5. The van der Waals surface area contributed by atoms with Gasteiger partial charge in [0.1, 0.15) is 6.04 Å². The van der Waals surface area contributed by atoms with Crippen LogP contribution in [-0.4, -0.2) is 36.6 Å². The highest BCUT2D eigenvalue weighted by Gasteiger charge is 2.63. The van der Waals surface area contributed by atoms with Crippen LogP contribution in [0.1, 0.15) is 34.1 Å². The molecule has 0 aliphatic rings. The molecule has 0 bridgehead atoms. The summed E-state index contributed by atoms with van der Waals surface area (Å²) < 4.78 is 67.0. The van der Waals surface area contributed by atoms with Crippen LogP contribution in [0.25, 0.3) is 0 Å². The number of ether oxygens (including phenoxy) is 1. The van der Waals surface area contributed by atoms with Crippen LogP contribution in [0.4, 0.5) is 22.0 Å². The lowest BCUT2D eigenvalue weighted by molar-refractivity contribution is -0.270. The summed E-state index contributed by atoms with van der Waals surface area (Å²) in [6.45, 7) is 6.66. The fourth-order valence-electron chi connectivity index (χ4n) is 1.41. The van der Waals surface area contributed by atoms with Crippen LogP contribution in [0.3, 0.4) is 0 Å². The Labute approximate surface area is 125 Å². The molecule has 0 saturated carbocycles. The lowest BCUT2D eigenvalue weighted by atomic mass is 10.0. The molecular weight excluding hydrogens is 313 g/mol. The molecule has 0 saturated heterocycles. The Hall–Kier alpha value is -1.41. The summed E-state index contributed by atoms with van der Waals surface area (Å²) in [6.07, 6.45) is -6.14. The van der Waals surface area contributed by atoms with E-state index in [1.54, 1.807) is 27.7 Å². The molecule has 0 heterocycles. The molecule has 130 valence electrons. The van der Waals surface area contributed by atoms with Crippen LogP contribution < -0.4 is 5.32 Å². The van der Waals surface area contributed by atoms with Gasteiger partial charge >= 0.3 is 24.0 Å². The van der Waals surface area contributed by atoms with Crippen LogP contribution >= 0.6 is 0 Å². The second-order valence-corrected chi connectivity index (χ2v) is 5.75. The fourth-order valence-corrected chi connectivity index (χ4v) is 1.41. The average Bonchev–Trinajstić information content (AvgIpc) is 2.32. The summed E-state index contributed by atoms with van der Waals surface area (Å²) in [5, 5.41) is 1.44. The van der Waals surface area contributed by atoms with Crippen molar-refractivity contribution in [1.29, 1.82) is 0 Å². The topological polar surface area (TPSA) is 55.4 Å². The number of nitrogens with one attached hydrogen (secondary N) is 1. The summed E-state index contributed by atoms with van der Waals surface area (Å²) >= 11 is 0. The monoisotopic (exact) mass is 333 g/mol. The second kappa shape index (κ2) is 7.73. The Kier molecular flexibility index (Phi) is 7.24. The molecule has 0 aliphatic heterocycles. The molecule has 4 nitrogen and oxygen atoms in total. The molecule has 1 amide bonds. The van der Waals surface area contributed by atoms with Gasteiger partial charge in [-0.1, -0.05) is 27.7 Å². The van der Waals surface area contributed by atoms with Crippen molar-refractivity contribution < 1.29 is 36.3 Å². The van der Waals surface area contributed by atoms with Gasteiger partial charge in [-0.2, -0.15) is 22.0 Å². The molecule has 0 spiro atoms. The van der Waals surface area contributed by atoms with Gasteiger partial charge in [0.25, 0.3) is 0 Å². The Bertz CT molecular complexity index is 394. The minimum absolute atomic E-state index is 0.0288. The summed E-state index contributed by atoms with van der Waals surface area (Å²) in [5.74, 6) is -9.44. The van der Waals surface area contributed by atoms with Crippen molar-refractivity contribution >= 4 is 11.9 Å². The highest BCUT2D eigenvalue weighted by atomic mass is 19.4. The number of carbonyl (C=O) groups excluding carboxylic acids is 2. The highest BCUT2D eigenvalue weighted by Crippen LogP contribution is 2.35. The molecule has 0 aromatic heterocycles. The zero-order valence-corrected chi connectivity index (χ0v) is 12.8. The molecular formula is C13H20F5NO3. The minimum Gasteiger partial charge on any atom is -0.464 e. The summed E-state index contributed by atoms with van der Waals surface area (Å²) in [7, 11) is 0. The summed E-state index contributed by atoms with van der Waals surface area (Å²) in [4.78, 5) is 22.9. The quantitative estimate of drug-likeness (QED) is 0.576. The normalized spacial score (nSPS) is 14.1. The predicted molar refractivity (Wildman–Crippen MR) is 68.2 cm³/mol. The standard InChI is InChI=1S/C13H20F5NO3/c1-7(2)5-9(10(20)22-6-8(3)4)19-11(21)12(14,15)13(16,17)18/h7-9H,5-6H2,1-4H3,(H,19,21). The molecule has 0 radical (unpaired) electrons. The molecule has 0 aromatic carbocycles. The first-order chi connectivity index (χ1) is 9.79. The van der Waals surface area contributed by atoms with Crippen molar-refractivity contribution in [2.75, 3.05) is 6.61 Å². The van der Waals surface area contributed by atoms with Gasteiger partial charge in [-0.15, -0.1) is 0 Å². The van der Waals surface area contributed by atoms with Gasteiger partial charge in [0.15, 0.2) is 0 Å². The van der Waals surface area contributed by atoms with Crippen LogP contribution in [-0.2, 0) is 14.3 Å². The third-order valence-corrected chi connectivity index (χ3v) is 2.50. The van der Waals surface area contributed by atoms with E-state index in [2.05, 4.69) is 0 Å². The zero-order valence-electron chi connectivity index (χ0n) is 12.8. The smallest absolute Gasteiger partial charge is 0.463 e. The maximum atomic E-state index is 12.9. The van der Waals surface area contributed by atoms with E-state index in [1.165, 1.54) is 5.32 Å². The van der Waals surface area contributed by atoms with E-state index < -0.39 is 30.0 Å². The van der Waals surface area contributed by atoms with Crippen LogP contribution in [0.15, 0.2) is 0 Å². The maximum absolute atomic E-state index is 12.9. The Morgan fingerprint density at radius 2 is 1.50 bits per heavy atom. The van der Waals surface area contributed by atoms with Crippen molar-refractivity contribution in [3.05, 3.63) is 0 Å². The number of carbonyl (C=O) groups is 2. The van der Waals surface area contributed by atoms with E-state index in [-0.39, 0.29) is 24.9 Å². The molecule has 0 fully saturated rings. The van der Waals surface area contributed by atoms with Gasteiger partial charge in [0.05, 0.1) is 6.61 Å².